The van der Waals surface area contributed by atoms with E-state index in [0.29, 0.717) is 21.7 Å². The van der Waals surface area contributed by atoms with Crippen molar-refractivity contribution in [2.45, 2.75) is 6.92 Å². The molecule has 1 aliphatic carbocycles. The number of halogens is 1. The number of nitrogens with one attached hydrogen (secondary N) is 1. The van der Waals surface area contributed by atoms with E-state index in [1.165, 1.54) is 6.07 Å². The zero-order valence-corrected chi connectivity index (χ0v) is 13.5. The third kappa shape index (κ3) is 2.86. The highest BCUT2D eigenvalue weighted by molar-refractivity contribution is 6.36. The molecule has 2 aromatic rings. The van der Waals surface area contributed by atoms with Crippen molar-refractivity contribution in [1.29, 1.82) is 0 Å². The highest BCUT2D eigenvalue weighted by Crippen LogP contribution is 2.27. The summed E-state index contributed by atoms with van der Waals surface area (Å²) >= 11 is 5.84. The monoisotopic (exact) mass is 340 g/mol. The molecule has 0 aromatic heterocycles. The van der Waals surface area contributed by atoms with Gasteiger partial charge in [0.05, 0.1) is 5.71 Å². The molecule has 0 unspecified atom stereocenters. The summed E-state index contributed by atoms with van der Waals surface area (Å²) in [5.74, 6) is -2.04. The molecule has 1 N–H and O–H groups in total. The molecule has 0 spiro atoms. The van der Waals surface area contributed by atoms with Crippen LogP contribution in [-0.2, 0) is 0 Å². The Bertz CT molecular complexity index is 854. The number of carbonyl (C=O) groups is 3. The van der Waals surface area contributed by atoms with Gasteiger partial charge in [-0.15, -0.1) is 0 Å². The average Bonchev–Trinajstić information content (AvgIpc) is 2.84. The molecule has 3 rings (SSSR count). The van der Waals surface area contributed by atoms with Crippen molar-refractivity contribution in [3.05, 3.63) is 70.2 Å². The first-order valence-electron chi connectivity index (χ1n) is 7.26. The van der Waals surface area contributed by atoms with Gasteiger partial charge in [-0.1, -0.05) is 41.9 Å². The zero-order chi connectivity index (χ0) is 17.3. The lowest BCUT2D eigenvalue weighted by atomic mass is 9.99. The number of carbonyl (C=O) groups excluding carboxylic acids is 3. The molecular weight excluding hydrogens is 328 g/mol. The maximum Gasteiger partial charge on any atom is 0.271 e. The number of Topliss-reactive ketones (excluding diaryl/α,β-unsaturated/α-hetero) is 2. The van der Waals surface area contributed by atoms with Crippen molar-refractivity contribution in [2.75, 3.05) is 0 Å². The van der Waals surface area contributed by atoms with Crippen LogP contribution in [0.3, 0.4) is 0 Å². The Labute approximate surface area is 143 Å². The van der Waals surface area contributed by atoms with Crippen LogP contribution in [0.1, 0.15) is 38.0 Å². The van der Waals surface area contributed by atoms with Gasteiger partial charge < -0.3 is 0 Å². The van der Waals surface area contributed by atoms with Crippen LogP contribution in [0.2, 0.25) is 5.02 Å². The summed E-state index contributed by atoms with van der Waals surface area (Å²) in [6.45, 7) is 1.55. The van der Waals surface area contributed by atoms with Crippen LogP contribution in [0.4, 0.5) is 0 Å². The summed E-state index contributed by atoms with van der Waals surface area (Å²) in [4.78, 5) is 36.8. The third-order valence-corrected chi connectivity index (χ3v) is 4.06. The summed E-state index contributed by atoms with van der Waals surface area (Å²) in [6, 6.07) is 13.0. The summed E-state index contributed by atoms with van der Waals surface area (Å²) < 4.78 is 0. The molecule has 0 radical (unpaired) electrons. The molecule has 24 heavy (non-hydrogen) atoms. The molecule has 0 saturated heterocycles. The van der Waals surface area contributed by atoms with Gasteiger partial charge in [0.1, 0.15) is 5.92 Å². The Hall–Kier alpha value is -2.79. The summed E-state index contributed by atoms with van der Waals surface area (Å²) in [5, 5.41) is 4.36. The van der Waals surface area contributed by atoms with Gasteiger partial charge >= 0.3 is 0 Å². The largest absolute Gasteiger partial charge is 0.293 e. The van der Waals surface area contributed by atoms with E-state index in [4.69, 9.17) is 11.6 Å². The number of benzene rings is 2. The highest BCUT2D eigenvalue weighted by atomic mass is 35.5. The smallest absolute Gasteiger partial charge is 0.271 e. The number of hydrazone groups is 1. The first-order chi connectivity index (χ1) is 11.5. The van der Waals surface area contributed by atoms with Crippen LogP contribution in [0.25, 0.3) is 0 Å². The zero-order valence-electron chi connectivity index (χ0n) is 12.7. The number of amides is 1. The molecule has 0 bridgehead atoms. The van der Waals surface area contributed by atoms with E-state index in [-0.39, 0.29) is 17.3 Å². The molecule has 0 atom stereocenters. The van der Waals surface area contributed by atoms with E-state index < -0.39 is 11.8 Å². The molecule has 2 aromatic carbocycles. The minimum atomic E-state index is -0.984. The Balaban J connectivity index is 1.79. The van der Waals surface area contributed by atoms with E-state index in [0.717, 1.165) is 0 Å². The average molecular weight is 341 g/mol. The highest BCUT2D eigenvalue weighted by Gasteiger charge is 2.40. The minimum absolute atomic E-state index is 0.247. The van der Waals surface area contributed by atoms with Crippen molar-refractivity contribution in [1.82, 2.24) is 5.43 Å². The molecule has 0 fully saturated rings. The van der Waals surface area contributed by atoms with E-state index >= 15 is 0 Å². The second-order valence-electron chi connectivity index (χ2n) is 5.41. The van der Waals surface area contributed by atoms with Crippen LogP contribution in [0, 0.1) is 5.92 Å². The first-order valence-corrected chi connectivity index (χ1v) is 7.64. The lowest BCUT2D eigenvalue weighted by molar-refractivity contribution is 0.0877. The van der Waals surface area contributed by atoms with Crippen molar-refractivity contribution in [3.8, 4) is 0 Å². The van der Waals surface area contributed by atoms with Gasteiger partial charge in [0.15, 0.2) is 11.6 Å². The topological polar surface area (TPSA) is 75.6 Å². The van der Waals surface area contributed by atoms with Crippen LogP contribution >= 0.6 is 11.6 Å². The summed E-state index contributed by atoms with van der Waals surface area (Å²) in [5.41, 5.74) is 3.73. The number of nitrogens with zero attached hydrogens (tertiary/aromatic N) is 1. The standard InChI is InChI=1S/C18H13ClN2O3/c1-10(20-21-18(24)11-5-4-6-12(19)9-11)15-16(22)13-7-2-3-8-14(13)17(15)23/h2-9,15H,1H3,(H,21,24)/b20-10-. The Morgan fingerprint density at radius 2 is 1.67 bits per heavy atom. The number of rotatable bonds is 3. The molecule has 5 nitrogen and oxygen atoms in total. The third-order valence-electron chi connectivity index (χ3n) is 3.82. The van der Waals surface area contributed by atoms with Crippen LogP contribution in [0.15, 0.2) is 53.6 Å². The van der Waals surface area contributed by atoms with Crippen molar-refractivity contribution >= 4 is 34.8 Å². The molecule has 0 aliphatic heterocycles. The molecular formula is C18H13ClN2O3. The van der Waals surface area contributed by atoms with Gasteiger partial charge in [0.25, 0.3) is 5.91 Å². The van der Waals surface area contributed by atoms with E-state index in [9.17, 15) is 14.4 Å². The number of hydrogen-bond acceptors (Lipinski definition) is 4. The van der Waals surface area contributed by atoms with Crippen LogP contribution in [0.5, 0.6) is 0 Å². The van der Waals surface area contributed by atoms with Gasteiger partial charge in [-0.05, 0) is 25.1 Å². The quantitative estimate of drug-likeness (QED) is 0.530. The second-order valence-corrected chi connectivity index (χ2v) is 5.85. The molecule has 120 valence electrons. The fraction of sp³-hybridized carbons (Fsp3) is 0.111. The van der Waals surface area contributed by atoms with Gasteiger partial charge in [-0.2, -0.15) is 5.10 Å². The van der Waals surface area contributed by atoms with E-state index in [2.05, 4.69) is 10.5 Å². The Kier molecular flexibility index (Phi) is 4.27. The lowest BCUT2D eigenvalue weighted by Gasteiger charge is -2.07. The SMILES string of the molecule is C/C(=N/NC(=O)c1cccc(Cl)c1)C1C(=O)c2ccccc2C1=O. The van der Waals surface area contributed by atoms with Crippen molar-refractivity contribution in [3.63, 3.8) is 0 Å². The predicted molar refractivity (Wildman–Crippen MR) is 90.6 cm³/mol. The summed E-state index contributed by atoms with van der Waals surface area (Å²) in [7, 11) is 0. The van der Waals surface area contributed by atoms with Gasteiger partial charge in [0.2, 0.25) is 0 Å². The van der Waals surface area contributed by atoms with Crippen LogP contribution in [-0.4, -0.2) is 23.2 Å². The fourth-order valence-corrected chi connectivity index (χ4v) is 2.81. The predicted octanol–water partition coefficient (Wildman–Crippen LogP) is 3.14. The van der Waals surface area contributed by atoms with Gasteiger partial charge in [0, 0.05) is 21.7 Å². The van der Waals surface area contributed by atoms with Gasteiger partial charge in [-0.25, -0.2) is 5.43 Å². The van der Waals surface area contributed by atoms with Crippen LogP contribution < -0.4 is 5.43 Å². The lowest BCUT2D eigenvalue weighted by Crippen LogP contribution is -2.27. The maximum atomic E-state index is 12.4. The molecule has 1 amide bonds. The first kappa shape index (κ1) is 16.1. The Morgan fingerprint density at radius 3 is 2.25 bits per heavy atom. The second kappa shape index (κ2) is 6.37. The molecule has 0 heterocycles. The normalized spacial score (nSPS) is 14.7. The maximum absolute atomic E-state index is 12.4. The Morgan fingerprint density at radius 1 is 1.04 bits per heavy atom. The van der Waals surface area contributed by atoms with Crippen molar-refractivity contribution < 1.29 is 14.4 Å². The van der Waals surface area contributed by atoms with E-state index in [1.54, 1.807) is 49.4 Å². The number of fused-ring (bicyclic) bond motifs is 1. The number of ketones is 2. The fourth-order valence-electron chi connectivity index (χ4n) is 2.62. The van der Waals surface area contributed by atoms with E-state index in [1.807, 2.05) is 0 Å². The molecule has 1 aliphatic rings. The molecule has 0 saturated carbocycles. The van der Waals surface area contributed by atoms with Crippen molar-refractivity contribution in [2.24, 2.45) is 11.0 Å². The number of hydrogen-bond donors (Lipinski definition) is 1. The molecule has 6 heteroatoms. The minimum Gasteiger partial charge on any atom is -0.293 e. The summed E-state index contributed by atoms with van der Waals surface area (Å²) in [6.07, 6.45) is 0. The van der Waals surface area contributed by atoms with Gasteiger partial charge in [-0.3, -0.25) is 14.4 Å².